The van der Waals surface area contributed by atoms with Crippen molar-refractivity contribution < 1.29 is 9.53 Å². The van der Waals surface area contributed by atoms with Crippen LogP contribution >= 0.6 is 0 Å². The van der Waals surface area contributed by atoms with Crippen LogP contribution in [0.3, 0.4) is 0 Å². The number of hydrogen-bond acceptors (Lipinski definition) is 3. The highest BCUT2D eigenvalue weighted by molar-refractivity contribution is 5.81. The normalized spacial score (nSPS) is 25.8. The number of morpholine rings is 1. The van der Waals surface area contributed by atoms with Crippen molar-refractivity contribution in [1.29, 1.82) is 0 Å². The maximum Gasteiger partial charge on any atom is 0.239 e. The zero-order chi connectivity index (χ0) is 13.1. The van der Waals surface area contributed by atoms with Gasteiger partial charge in [-0.05, 0) is 19.4 Å². The number of benzene rings is 1. The first-order chi connectivity index (χ1) is 8.58. The molecule has 0 radical (unpaired) electrons. The van der Waals surface area contributed by atoms with Crippen LogP contribution in [0.2, 0.25) is 0 Å². The van der Waals surface area contributed by atoms with Crippen molar-refractivity contribution in [3.05, 3.63) is 35.9 Å². The maximum absolute atomic E-state index is 12.0. The van der Waals surface area contributed by atoms with Gasteiger partial charge in [0.2, 0.25) is 5.91 Å². The summed E-state index contributed by atoms with van der Waals surface area (Å²) in [6.45, 7) is 4.90. The highest BCUT2D eigenvalue weighted by Crippen LogP contribution is 2.25. The van der Waals surface area contributed by atoms with Crippen molar-refractivity contribution in [1.82, 2.24) is 4.90 Å². The molecule has 1 aliphatic rings. The molecule has 98 valence electrons. The van der Waals surface area contributed by atoms with E-state index in [4.69, 9.17) is 10.5 Å². The number of carbonyl (C=O) groups is 1. The van der Waals surface area contributed by atoms with Gasteiger partial charge in [0.15, 0.2) is 0 Å². The second-order valence-corrected chi connectivity index (χ2v) is 4.88. The van der Waals surface area contributed by atoms with E-state index in [-0.39, 0.29) is 18.1 Å². The van der Waals surface area contributed by atoms with Gasteiger partial charge in [-0.15, -0.1) is 0 Å². The smallest absolute Gasteiger partial charge is 0.239 e. The average Bonchev–Trinajstić information content (AvgIpc) is 2.38. The topological polar surface area (TPSA) is 55.6 Å². The van der Waals surface area contributed by atoms with Crippen LogP contribution in [0.25, 0.3) is 0 Å². The van der Waals surface area contributed by atoms with Crippen molar-refractivity contribution in [3.8, 4) is 0 Å². The van der Waals surface area contributed by atoms with Gasteiger partial charge >= 0.3 is 0 Å². The summed E-state index contributed by atoms with van der Waals surface area (Å²) in [5, 5.41) is 0. The Morgan fingerprint density at radius 1 is 1.39 bits per heavy atom. The third-order valence-corrected chi connectivity index (χ3v) is 3.13. The molecule has 1 aromatic rings. The van der Waals surface area contributed by atoms with Crippen LogP contribution in [-0.2, 0) is 9.53 Å². The molecule has 1 fully saturated rings. The number of nitrogens with zero attached hydrogens (tertiary/aromatic N) is 1. The third-order valence-electron chi connectivity index (χ3n) is 3.13. The number of carbonyl (C=O) groups excluding carboxylic acids is 1. The lowest BCUT2D eigenvalue weighted by Gasteiger charge is -2.37. The standard InChI is InChI=1S/C14H20N2O2/c1-10-8-16(14(17)11(2)15)9-13(18-10)12-6-4-3-5-7-12/h3-7,10-11,13H,8-9,15H2,1-2H3/t10?,11-,13?/m1/s1. The Morgan fingerprint density at radius 2 is 2.06 bits per heavy atom. The first-order valence-corrected chi connectivity index (χ1v) is 6.32. The monoisotopic (exact) mass is 248 g/mol. The van der Waals surface area contributed by atoms with Gasteiger partial charge in [0.25, 0.3) is 0 Å². The molecule has 0 spiro atoms. The predicted octanol–water partition coefficient (Wildman–Crippen LogP) is 1.32. The van der Waals surface area contributed by atoms with Gasteiger partial charge in [-0.3, -0.25) is 4.79 Å². The van der Waals surface area contributed by atoms with Crippen LogP contribution in [-0.4, -0.2) is 36.0 Å². The molecule has 2 N–H and O–H groups in total. The van der Waals surface area contributed by atoms with Crippen molar-refractivity contribution in [2.75, 3.05) is 13.1 Å². The van der Waals surface area contributed by atoms with E-state index in [0.717, 1.165) is 5.56 Å². The number of amides is 1. The molecule has 0 aliphatic carbocycles. The minimum Gasteiger partial charge on any atom is -0.367 e. The van der Waals surface area contributed by atoms with Gasteiger partial charge in [0.1, 0.15) is 6.10 Å². The zero-order valence-corrected chi connectivity index (χ0v) is 10.9. The molecule has 1 aliphatic heterocycles. The summed E-state index contributed by atoms with van der Waals surface area (Å²) in [6.07, 6.45) is -0.0238. The largest absolute Gasteiger partial charge is 0.367 e. The van der Waals surface area contributed by atoms with Gasteiger partial charge in [-0.1, -0.05) is 30.3 Å². The van der Waals surface area contributed by atoms with Crippen LogP contribution in [0.4, 0.5) is 0 Å². The molecular weight excluding hydrogens is 228 g/mol. The second kappa shape index (κ2) is 5.50. The molecule has 0 bridgehead atoms. The van der Waals surface area contributed by atoms with E-state index < -0.39 is 6.04 Å². The number of nitrogens with two attached hydrogens (primary N) is 1. The van der Waals surface area contributed by atoms with Gasteiger partial charge in [0, 0.05) is 6.54 Å². The Kier molecular flexibility index (Phi) is 3.99. The molecule has 4 nitrogen and oxygen atoms in total. The van der Waals surface area contributed by atoms with E-state index in [1.165, 1.54) is 0 Å². The van der Waals surface area contributed by atoms with Crippen molar-refractivity contribution in [3.63, 3.8) is 0 Å². The summed E-state index contributed by atoms with van der Waals surface area (Å²) >= 11 is 0. The van der Waals surface area contributed by atoms with E-state index >= 15 is 0 Å². The first-order valence-electron chi connectivity index (χ1n) is 6.32. The summed E-state index contributed by atoms with van der Waals surface area (Å²) in [5.74, 6) is -0.00826. The van der Waals surface area contributed by atoms with E-state index in [1.54, 1.807) is 11.8 Å². The molecule has 4 heteroatoms. The summed E-state index contributed by atoms with van der Waals surface area (Å²) in [5.41, 5.74) is 6.77. The quantitative estimate of drug-likeness (QED) is 0.859. The van der Waals surface area contributed by atoms with E-state index in [1.807, 2.05) is 37.3 Å². The Bertz CT molecular complexity index is 406. The molecule has 3 atom stereocenters. The summed E-state index contributed by atoms with van der Waals surface area (Å²) in [6, 6.07) is 9.53. The predicted molar refractivity (Wildman–Crippen MR) is 70.0 cm³/mol. The number of ether oxygens (including phenoxy) is 1. The van der Waals surface area contributed by atoms with Gasteiger partial charge in [0.05, 0.1) is 18.7 Å². The Balaban J connectivity index is 2.12. The Labute approximate surface area is 108 Å². The van der Waals surface area contributed by atoms with E-state index in [9.17, 15) is 4.79 Å². The molecule has 0 saturated carbocycles. The molecule has 2 rings (SSSR count). The van der Waals surface area contributed by atoms with Gasteiger partial charge < -0.3 is 15.4 Å². The van der Waals surface area contributed by atoms with Gasteiger partial charge in [-0.2, -0.15) is 0 Å². The number of hydrogen-bond donors (Lipinski definition) is 1. The average molecular weight is 248 g/mol. The van der Waals surface area contributed by atoms with Crippen LogP contribution in [0.1, 0.15) is 25.5 Å². The maximum atomic E-state index is 12.0. The lowest BCUT2D eigenvalue weighted by Crippen LogP contribution is -2.50. The number of rotatable bonds is 2. The van der Waals surface area contributed by atoms with Crippen molar-refractivity contribution >= 4 is 5.91 Å². The fourth-order valence-electron chi connectivity index (χ4n) is 2.27. The van der Waals surface area contributed by atoms with Crippen LogP contribution in [0.5, 0.6) is 0 Å². The highest BCUT2D eigenvalue weighted by atomic mass is 16.5. The van der Waals surface area contributed by atoms with Crippen LogP contribution in [0.15, 0.2) is 30.3 Å². The van der Waals surface area contributed by atoms with Crippen LogP contribution in [0, 0.1) is 0 Å². The van der Waals surface area contributed by atoms with Crippen molar-refractivity contribution in [2.24, 2.45) is 5.73 Å². The first kappa shape index (κ1) is 13.1. The van der Waals surface area contributed by atoms with Gasteiger partial charge in [-0.25, -0.2) is 0 Å². The molecule has 1 amide bonds. The molecule has 18 heavy (non-hydrogen) atoms. The fraction of sp³-hybridized carbons (Fsp3) is 0.500. The highest BCUT2D eigenvalue weighted by Gasteiger charge is 2.30. The van der Waals surface area contributed by atoms with Crippen molar-refractivity contribution in [2.45, 2.75) is 32.1 Å². The minimum atomic E-state index is -0.452. The van der Waals surface area contributed by atoms with E-state index in [0.29, 0.717) is 13.1 Å². The zero-order valence-electron chi connectivity index (χ0n) is 10.9. The Hall–Kier alpha value is -1.39. The molecule has 1 heterocycles. The lowest BCUT2D eigenvalue weighted by molar-refractivity contribution is -0.145. The third kappa shape index (κ3) is 2.89. The minimum absolute atomic E-state index is 0.00826. The lowest BCUT2D eigenvalue weighted by atomic mass is 10.1. The summed E-state index contributed by atoms with van der Waals surface area (Å²) < 4.78 is 5.90. The molecule has 1 saturated heterocycles. The molecular formula is C14H20N2O2. The SMILES string of the molecule is CC1CN(C(=O)[C@@H](C)N)CC(c2ccccc2)O1. The molecule has 1 aromatic carbocycles. The fourth-order valence-corrected chi connectivity index (χ4v) is 2.27. The second-order valence-electron chi connectivity index (χ2n) is 4.88. The molecule has 2 unspecified atom stereocenters. The summed E-state index contributed by atoms with van der Waals surface area (Å²) in [4.78, 5) is 13.8. The summed E-state index contributed by atoms with van der Waals surface area (Å²) in [7, 11) is 0. The molecule has 0 aromatic heterocycles. The van der Waals surface area contributed by atoms with Crippen LogP contribution < -0.4 is 5.73 Å². The van der Waals surface area contributed by atoms with E-state index in [2.05, 4.69) is 0 Å². The Morgan fingerprint density at radius 3 is 2.67 bits per heavy atom.